The molecule has 1 aliphatic rings. The number of anilines is 1. The van der Waals surface area contributed by atoms with Gasteiger partial charge in [0.2, 0.25) is 0 Å². The van der Waals surface area contributed by atoms with Gasteiger partial charge < -0.3 is 14.8 Å². The van der Waals surface area contributed by atoms with E-state index in [1.165, 1.54) is 0 Å². The van der Waals surface area contributed by atoms with Crippen molar-refractivity contribution in [3.63, 3.8) is 0 Å². The van der Waals surface area contributed by atoms with E-state index in [1.807, 2.05) is 31.2 Å². The summed E-state index contributed by atoms with van der Waals surface area (Å²) in [5, 5.41) is 12.1. The van der Waals surface area contributed by atoms with Gasteiger partial charge in [-0.2, -0.15) is 5.26 Å². The number of nitrogens with zero attached hydrogens (tertiary/aromatic N) is 1. The summed E-state index contributed by atoms with van der Waals surface area (Å²) in [7, 11) is 1.56. The average Bonchev–Trinajstić information content (AvgIpc) is 2.98. The van der Waals surface area contributed by atoms with Crippen molar-refractivity contribution in [2.45, 2.75) is 19.4 Å². The second kappa shape index (κ2) is 7.10. The van der Waals surface area contributed by atoms with E-state index in [4.69, 9.17) is 9.47 Å². The van der Waals surface area contributed by atoms with Gasteiger partial charge in [-0.05, 0) is 48.4 Å². The monoisotopic (exact) mass is 334 g/mol. The minimum Gasteiger partial charge on any atom is -0.497 e. The first-order valence-electron chi connectivity index (χ1n) is 7.96. The molecule has 0 spiro atoms. The molecule has 1 N–H and O–H groups in total. The maximum absolute atomic E-state index is 12.4. The summed E-state index contributed by atoms with van der Waals surface area (Å²) in [6, 6.07) is 14.6. The molecule has 5 heteroatoms. The zero-order valence-corrected chi connectivity index (χ0v) is 14.1. The highest BCUT2D eigenvalue weighted by Crippen LogP contribution is 2.30. The Kier molecular flexibility index (Phi) is 4.71. The van der Waals surface area contributed by atoms with Gasteiger partial charge in [0.05, 0.1) is 7.11 Å². The van der Waals surface area contributed by atoms with Crippen LogP contribution in [0.25, 0.3) is 6.08 Å². The van der Waals surface area contributed by atoms with E-state index in [-0.39, 0.29) is 11.7 Å². The van der Waals surface area contributed by atoms with Gasteiger partial charge in [-0.1, -0.05) is 12.1 Å². The van der Waals surface area contributed by atoms with E-state index < -0.39 is 5.91 Å². The van der Waals surface area contributed by atoms with Gasteiger partial charge in [0.15, 0.2) is 0 Å². The van der Waals surface area contributed by atoms with Crippen LogP contribution in [0, 0.1) is 11.3 Å². The van der Waals surface area contributed by atoms with Crippen molar-refractivity contribution >= 4 is 17.7 Å². The lowest BCUT2D eigenvalue weighted by atomic mass is 10.0. The Morgan fingerprint density at radius 1 is 1.36 bits per heavy atom. The average molecular weight is 334 g/mol. The van der Waals surface area contributed by atoms with Gasteiger partial charge in [0.25, 0.3) is 5.91 Å². The van der Waals surface area contributed by atoms with Gasteiger partial charge >= 0.3 is 0 Å². The van der Waals surface area contributed by atoms with Crippen LogP contribution in [-0.4, -0.2) is 19.1 Å². The molecule has 2 aromatic carbocycles. The van der Waals surface area contributed by atoms with Gasteiger partial charge in [-0.3, -0.25) is 4.79 Å². The second-order valence-electron chi connectivity index (χ2n) is 5.86. The molecule has 25 heavy (non-hydrogen) atoms. The Morgan fingerprint density at radius 2 is 2.20 bits per heavy atom. The number of nitriles is 1. The molecule has 0 saturated heterocycles. The molecule has 1 heterocycles. The number of benzene rings is 2. The predicted octanol–water partition coefficient (Wildman–Crippen LogP) is 3.56. The zero-order chi connectivity index (χ0) is 17.8. The fraction of sp³-hybridized carbons (Fsp3) is 0.200. The van der Waals surface area contributed by atoms with Gasteiger partial charge in [0, 0.05) is 18.2 Å². The highest BCUT2D eigenvalue weighted by atomic mass is 16.5. The number of rotatable bonds is 4. The quantitative estimate of drug-likeness (QED) is 0.685. The van der Waals surface area contributed by atoms with Crippen molar-refractivity contribution in [2.75, 3.05) is 12.4 Å². The first-order chi connectivity index (χ1) is 12.1. The number of nitrogens with one attached hydrogen (secondary N) is 1. The molecule has 1 unspecified atom stereocenters. The number of hydrogen-bond donors (Lipinski definition) is 1. The van der Waals surface area contributed by atoms with E-state index in [0.717, 1.165) is 23.3 Å². The van der Waals surface area contributed by atoms with Crippen LogP contribution in [0.2, 0.25) is 0 Å². The Hall–Kier alpha value is -3.26. The third-order valence-corrected chi connectivity index (χ3v) is 3.92. The van der Waals surface area contributed by atoms with Crippen molar-refractivity contribution in [3.05, 3.63) is 59.2 Å². The lowest BCUT2D eigenvalue weighted by Crippen LogP contribution is -2.13. The first kappa shape index (κ1) is 16.6. The Balaban J connectivity index is 1.79. The minimum atomic E-state index is -0.458. The molecule has 1 atom stereocenters. The number of hydrogen-bond acceptors (Lipinski definition) is 4. The predicted molar refractivity (Wildman–Crippen MR) is 95.4 cm³/mol. The number of carbonyl (C=O) groups is 1. The molecule has 0 aliphatic carbocycles. The lowest BCUT2D eigenvalue weighted by molar-refractivity contribution is -0.112. The fourth-order valence-corrected chi connectivity index (χ4v) is 2.75. The lowest BCUT2D eigenvalue weighted by Gasteiger charge is -2.06. The first-order valence-corrected chi connectivity index (χ1v) is 7.96. The second-order valence-corrected chi connectivity index (χ2v) is 5.86. The topological polar surface area (TPSA) is 71.3 Å². The third kappa shape index (κ3) is 3.81. The largest absolute Gasteiger partial charge is 0.497 e. The molecule has 0 fully saturated rings. The fourth-order valence-electron chi connectivity index (χ4n) is 2.75. The Morgan fingerprint density at radius 3 is 2.96 bits per heavy atom. The molecule has 5 nitrogen and oxygen atoms in total. The summed E-state index contributed by atoms with van der Waals surface area (Å²) in [5.74, 6) is 1.04. The molecule has 2 aromatic rings. The number of amides is 1. The van der Waals surface area contributed by atoms with Crippen molar-refractivity contribution in [3.8, 4) is 17.6 Å². The van der Waals surface area contributed by atoms with Crippen LogP contribution in [-0.2, 0) is 11.2 Å². The van der Waals surface area contributed by atoms with Crippen LogP contribution in [0.4, 0.5) is 5.69 Å². The minimum absolute atomic E-state index is 0.0368. The standard InChI is InChI=1S/C20H18N2O3/c1-13-8-15-9-14(6-7-19(15)25-13)10-16(12-21)20(23)22-17-4-3-5-18(11-17)24-2/h3-7,9-11,13H,8H2,1-2H3,(H,22,23)/b16-10+. The molecule has 3 rings (SSSR count). The van der Waals surface area contributed by atoms with Crippen molar-refractivity contribution in [1.82, 2.24) is 0 Å². The smallest absolute Gasteiger partial charge is 0.266 e. The van der Waals surface area contributed by atoms with Gasteiger partial charge in [0.1, 0.15) is 29.2 Å². The van der Waals surface area contributed by atoms with E-state index >= 15 is 0 Å². The summed E-state index contributed by atoms with van der Waals surface area (Å²) in [6.45, 7) is 2.01. The van der Waals surface area contributed by atoms with E-state index in [9.17, 15) is 10.1 Å². The van der Waals surface area contributed by atoms with E-state index in [1.54, 1.807) is 37.5 Å². The van der Waals surface area contributed by atoms with Crippen LogP contribution in [0.3, 0.4) is 0 Å². The van der Waals surface area contributed by atoms with Crippen LogP contribution < -0.4 is 14.8 Å². The number of methoxy groups -OCH3 is 1. The highest BCUT2D eigenvalue weighted by Gasteiger charge is 2.19. The Bertz CT molecular complexity index is 881. The molecular weight excluding hydrogens is 316 g/mol. The normalized spacial score (nSPS) is 15.7. The molecular formula is C20H18N2O3. The summed E-state index contributed by atoms with van der Waals surface area (Å²) in [5.41, 5.74) is 2.50. The summed E-state index contributed by atoms with van der Waals surface area (Å²) in [4.78, 5) is 12.4. The SMILES string of the molecule is COc1cccc(NC(=O)/C(C#N)=C/c2ccc3c(c2)CC(C)O3)c1. The maximum Gasteiger partial charge on any atom is 0.266 e. The van der Waals surface area contributed by atoms with Crippen molar-refractivity contribution in [2.24, 2.45) is 0 Å². The number of fused-ring (bicyclic) bond motifs is 1. The van der Waals surface area contributed by atoms with Gasteiger partial charge in [-0.25, -0.2) is 0 Å². The number of ether oxygens (including phenoxy) is 2. The van der Waals surface area contributed by atoms with E-state index in [0.29, 0.717) is 11.4 Å². The third-order valence-electron chi connectivity index (χ3n) is 3.92. The van der Waals surface area contributed by atoms with Crippen LogP contribution >= 0.6 is 0 Å². The summed E-state index contributed by atoms with van der Waals surface area (Å²) in [6.07, 6.45) is 2.56. The molecule has 1 aliphatic heterocycles. The molecule has 0 saturated carbocycles. The molecule has 126 valence electrons. The molecule has 0 bridgehead atoms. The van der Waals surface area contributed by atoms with Crippen LogP contribution in [0.5, 0.6) is 11.5 Å². The molecule has 0 aromatic heterocycles. The highest BCUT2D eigenvalue weighted by molar-refractivity contribution is 6.09. The molecule has 1 amide bonds. The van der Waals surface area contributed by atoms with Crippen molar-refractivity contribution < 1.29 is 14.3 Å². The van der Waals surface area contributed by atoms with E-state index in [2.05, 4.69) is 5.32 Å². The summed E-state index contributed by atoms with van der Waals surface area (Å²) >= 11 is 0. The zero-order valence-electron chi connectivity index (χ0n) is 14.1. The van der Waals surface area contributed by atoms with Gasteiger partial charge in [-0.15, -0.1) is 0 Å². The number of carbonyl (C=O) groups excluding carboxylic acids is 1. The molecule has 0 radical (unpaired) electrons. The maximum atomic E-state index is 12.4. The summed E-state index contributed by atoms with van der Waals surface area (Å²) < 4.78 is 10.8. The Labute approximate surface area is 146 Å². The van der Waals surface area contributed by atoms with Crippen LogP contribution in [0.1, 0.15) is 18.1 Å². The van der Waals surface area contributed by atoms with Crippen molar-refractivity contribution in [1.29, 1.82) is 5.26 Å². The van der Waals surface area contributed by atoms with Crippen LogP contribution in [0.15, 0.2) is 48.0 Å².